The summed E-state index contributed by atoms with van der Waals surface area (Å²) in [7, 11) is 1.50. The maximum absolute atomic E-state index is 12.9. The second-order valence-corrected chi connectivity index (χ2v) is 4.93. The Labute approximate surface area is 140 Å². The quantitative estimate of drug-likeness (QED) is 0.759. The van der Waals surface area contributed by atoms with Crippen LogP contribution in [0.5, 0.6) is 11.5 Å². The van der Waals surface area contributed by atoms with Gasteiger partial charge in [0.05, 0.1) is 13.7 Å². The number of aromatic nitrogens is 4. The second-order valence-electron chi connectivity index (χ2n) is 4.93. The van der Waals surface area contributed by atoms with E-state index >= 15 is 0 Å². The van der Waals surface area contributed by atoms with Gasteiger partial charge in [-0.05, 0) is 31.2 Å². The normalized spacial score (nSPS) is 11.6. The molecule has 2 aromatic heterocycles. The van der Waals surface area contributed by atoms with Gasteiger partial charge in [0.1, 0.15) is 0 Å². The minimum atomic E-state index is -4.65. The van der Waals surface area contributed by atoms with Gasteiger partial charge in [0.2, 0.25) is 0 Å². The van der Waals surface area contributed by atoms with Crippen LogP contribution in [0.4, 0.5) is 24.7 Å². The molecule has 0 bridgehead atoms. The van der Waals surface area contributed by atoms with E-state index in [-0.39, 0.29) is 11.5 Å². The lowest BCUT2D eigenvalue weighted by atomic mass is 10.2. The molecule has 0 atom stereocenters. The number of hydrogen-bond donors (Lipinski definition) is 1. The molecule has 7 nitrogen and oxygen atoms in total. The highest BCUT2D eigenvalue weighted by molar-refractivity contribution is 5.62. The van der Waals surface area contributed by atoms with Gasteiger partial charge >= 0.3 is 6.18 Å². The number of fused-ring (bicyclic) bond motifs is 1. The third-order valence-corrected chi connectivity index (χ3v) is 3.25. The van der Waals surface area contributed by atoms with Gasteiger partial charge in [0, 0.05) is 11.8 Å². The van der Waals surface area contributed by atoms with Gasteiger partial charge in [-0.15, -0.1) is 15.3 Å². The first-order chi connectivity index (χ1) is 11.9. The summed E-state index contributed by atoms with van der Waals surface area (Å²) in [6, 6.07) is 7.96. The Kier molecular flexibility index (Phi) is 4.34. The van der Waals surface area contributed by atoms with E-state index in [1.807, 2.05) is 6.92 Å². The first kappa shape index (κ1) is 16.8. The fourth-order valence-corrected chi connectivity index (χ4v) is 2.20. The SMILES string of the molecule is CCOc1ccc(Nc2ccc3nnc(C(F)(F)F)n3n2)cc1OC. The van der Waals surface area contributed by atoms with E-state index in [0.717, 1.165) is 0 Å². The van der Waals surface area contributed by atoms with Crippen molar-refractivity contribution in [1.29, 1.82) is 0 Å². The molecule has 0 aliphatic carbocycles. The first-order valence-corrected chi connectivity index (χ1v) is 7.30. The number of alkyl halides is 3. The molecule has 0 aliphatic heterocycles. The molecule has 0 saturated heterocycles. The Hall–Kier alpha value is -3.04. The number of nitrogens with one attached hydrogen (secondary N) is 1. The predicted molar refractivity (Wildman–Crippen MR) is 83.2 cm³/mol. The van der Waals surface area contributed by atoms with E-state index in [1.54, 1.807) is 18.2 Å². The Morgan fingerprint density at radius 2 is 1.92 bits per heavy atom. The average Bonchev–Trinajstić information content (AvgIpc) is 3.00. The summed E-state index contributed by atoms with van der Waals surface area (Å²) in [5.41, 5.74) is 0.580. The molecule has 0 aliphatic rings. The Bertz CT molecular complexity index is 894. The third kappa shape index (κ3) is 3.42. The van der Waals surface area contributed by atoms with Crippen LogP contribution in [0, 0.1) is 0 Å². The lowest BCUT2D eigenvalue weighted by molar-refractivity contribution is -0.146. The first-order valence-electron chi connectivity index (χ1n) is 7.30. The number of ether oxygens (including phenoxy) is 2. The van der Waals surface area contributed by atoms with Gasteiger partial charge in [-0.3, -0.25) is 0 Å². The van der Waals surface area contributed by atoms with Gasteiger partial charge in [0.15, 0.2) is 23.0 Å². The topological polar surface area (TPSA) is 73.6 Å². The number of halogens is 3. The summed E-state index contributed by atoms with van der Waals surface area (Å²) in [5, 5.41) is 13.4. The largest absolute Gasteiger partial charge is 0.493 e. The van der Waals surface area contributed by atoms with Crippen LogP contribution in [0.1, 0.15) is 12.7 Å². The molecule has 2 heterocycles. The molecule has 0 amide bonds. The van der Waals surface area contributed by atoms with E-state index in [2.05, 4.69) is 20.6 Å². The Balaban J connectivity index is 1.93. The van der Waals surface area contributed by atoms with Crippen LogP contribution in [0.2, 0.25) is 0 Å². The Morgan fingerprint density at radius 3 is 2.60 bits per heavy atom. The summed E-state index contributed by atoms with van der Waals surface area (Å²) in [6.45, 7) is 2.33. The number of benzene rings is 1. The third-order valence-electron chi connectivity index (χ3n) is 3.25. The van der Waals surface area contributed by atoms with E-state index in [9.17, 15) is 13.2 Å². The molecule has 0 saturated carbocycles. The molecule has 0 spiro atoms. The molecule has 0 fully saturated rings. The summed E-state index contributed by atoms with van der Waals surface area (Å²) < 4.78 is 50.0. The van der Waals surface area contributed by atoms with Gasteiger partial charge in [-0.1, -0.05) is 0 Å². The highest BCUT2D eigenvalue weighted by Gasteiger charge is 2.37. The molecular formula is C15H14F3N5O2. The van der Waals surface area contributed by atoms with Gasteiger partial charge in [-0.2, -0.15) is 17.7 Å². The van der Waals surface area contributed by atoms with Crippen molar-refractivity contribution in [1.82, 2.24) is 19.8 Å². The van der Waals surface area contributed by atoms with Crippen LogP contribution in [-0.4, -0.2) is 33.5 Å². The van der Waals surface area contributed by atoms with E-state index in [1.165, 1.54) is 19.2 Å². The summed E-state index contributed by atoms with van der Waals surface area (Å²) in [6.07, 6.45) is -4.65. The molecule has 0 radical (unpaired) electrons. The second kappa shape index (κ2) is 6.46. The number of hydrogen-bond acceptors (Lipinski definition) is 6. The monoisotopic (exact) mass is 353 g/mol. The summed E-state index contributed by atoms with van der Waals surface area (Å²) >= 11 is 0. The van der Waals surface area contributed by atoms with Crippen LogP contribution >= 0.6 is 0 Å². The molecule has 1 N–H and O–H groups in total. The van der Waals surface area contributed by atoms with Crippen LogP contribution in [0.15, 0.2) is 30.3 Å². The van der Waals surface area contributed by atoms with Crippen LogP contribution in [0.3, 0.4) is 0 Å². The van der Waals surface area contributed by atoms with Crippen molar-refractivity contribution in [3.05, 3.63) is 36.2 Å². The van der Waals surface area contributed by atoms with E-state index in [0.29, 0.717) is 28.3 Å². The van der Waals surface area contributed by atoms with Gasteiger partial charge in [-0.25, -0.2) is 0 Å². The van der Waals surface area contributed by atoms with E-state index in [4.69, 9.17) is 9.47 Å². The number of nitrogens with zero attached hydrogens (tertiary/aromatic N) is 4. The standard InChI is InChI=1S/C15H14F3N5O2/c1-3-25-10-5-4-9(8-11(10)24-2)19-12-6-7-13-20-21-14(15(16,17)18)23(13)22-12/h4-8H,3H2,1-2H3,(H,19,22). The molecular weight excluding hydrogens is 339 g/mol. The zero-order valence-corrected chi connectivity index (χ0v) is 13.3. The Morgan fingerprint density at radius 1 is 1.12 bits per heavy atom. The van der Waals surface area contributed by atoms with Gasteiger partial charge in [0.25, 0.3) is 5.82 Å². The molecule has 3 rings (SSSR count). The molecule has 0 unspecified atom stereocenters. The number of rotatable bonds is 5. The maximum atomic E-state index is 12.9. The van der Waals surface area contributed by atoms with Crippen molar-refractivity contribution in [2.75, 3.05) is 19.0 Å². The van der Waals surface area contributed by atoms with E-state index < -0.39 is 12.0 Å². The van der Waals surface area contributed by atoms with Crippen molar-refractivity contribution in [2.45, 2.75) is 13.1 Å². The molecule has 1 aromatic carbocycles. The zero-order chi connectivity index (χ0) is 18.0. The number of anilines is 2. The summed E-state index contributed by atoms with van der Waals surface area (Å²) in [4.78, 5) is 0. The minimum Gasteiger partial charge on any atom is -0.493 e. The van der Waals surface area contributed by atoms with Crippen molar-refractivity contribution >= 4 is 17.2 Å². The van der Waals surface area contributed by atoms with Crippen LogP contribution in [0.25, 0.3) is 5.65 Å². The van der Waals surface area contributed by atoms with Crippen molar-refractivity contribution in [3.63, 3.8) is 0 Å². The highest BCUT2D eigenvalue weighted by Crippen LogP contribution is 2.31. The lowest BCUT2D eigenvalue weighted by Crippen LogP contribution is -2.13. The highest BCUT2D eigenvalue weighted by atomic mass is 19.4. The fourth-order valence-electron chi connectivity index (χ4n) is 2.20. The molecule has 25 heavy (non-hydrogen) atoms. The van der Waals surface area contributed by atoms with Crippen LogP contribution in [-0.2, 0) is 6.18 Å². The lowest BCUT2D eigenvalue weighted by Gasteiger charge is -2.12. The smallest absolute Gasteiger partial charge is 0.453 e. The predicted octanol–water partition coefficient (Wildman–Crippen LogP) is 3.29. The van der Waals surface area contributed by atoms with Crippen molar-refractivity contribution in [3.8, 4) is 11.5 Å². The molecule has 10 heteroatoms. The maximum Gasteiger partial charge on any atom is 0.453 e. The van der Waals surface area contributed by atoms with Crippen LogP contribution < -0.4 is 14.8 Å². The zero-order valence-electron chi connectivity index (χ0n) is 13.3. The molecule has 132 valence electrons. The minimum absolute atomic E-state index is 0.00199. The fraction of sp³-hybridized carbons (Fsp3) is 0.267. The van der Waals surface area contributed by atoms with Crippen molar-refractivity contribution in [2.24, 2.45) is 0 Å². The van der Waals surface area contributed by atoms with Gasteiger partial charge < -0.3 is 14.8 Å². The van der Waals surface area contributed by atoms with Crippen molar-refractivity contribution < 1.29 is 22.6 Å². The number of methoxy groups -OCH3 is 1. The summed E-state index contributed by atoms with van der Waals surface area (Å²) in [5.74, 6) is 0.0739. The molecule has 3 aromatic rings. The average molecular weight is 353 g/mol.